The van der Waals surface area contributed by atoms with Gasteiger partial charge in [0.2, 0.25) is 0 Å². The number of nitrogen functional groups attached to an aromatic ring is 1. The van der Waals surface area contributed by atoms with Crippen molar-refractivity contribution in [3.8, 4) is 22.6 Å². The Bertz CT molecular complexity index is 1150. The van der Waals surface area contributed by atoms with Gasteiger partial charge in [-0.05, 0) is 62.8 Å². The average Bonchev–Trinajstić information content (AvgIpc) is 3.17. The van der Waals surface area contributed by atoms with E-state index in [1.54, 1.807) is 6.33 Å². The molecule has 0 spiro atoms. The van der Waals surface area contributed by atoms with E-state index in [0.29, 0.717) is 11.9 Å². The number of rotatable bonds is 4. The Hall–Kier alpha value is -3.38. The van der Waals surface area contributed by atoms with Gasteiger partial charge >= 0.3 is 0 Å². The summed E-state index contributed by atoms with van der Waals surface area (Å²) in [6.45, 7) is 2.18. The lowest BCUT2D eigenvalue weighted by atomic mass is 10.1. The quantitative estimate of drug-likeness (QED) is 0.537. The van der Waals surface area contributed by atoms with Crippen molar-refractivity contribution in [3.63, 3.8) is 0 Å². The summed E-state index contributed by atoms with van der Waals surface area (Å²) in [6.07, 6.45) is 5.96. The summed E-state index contributed by atoms with van der Waals surface area (Å²) in [5.74, 6) is 2.14. The van der Waals surface area contributed by atoms with Crippen LogP contribution in [0.5, 0.6) is 11.5 Å². The molecule has 1 aliphatic heterocycles. The summed E-state index contributed by atoms with van der Waals surface area (Å²) in [5.41, 5.74) is 9.35. The van der Waals surface area contributed by atoms with Crippen molar-refractivity contribution in [2.45, 2.75) is 18.9 Å². The van der Waals surface area contributed by atoms with E-state index in [4.69, 9.17) is 10.5 Å². The maximum Gasteiger partial charge on any atom is 0.146 e. The van der Waals surface area contributed by atoms with Gasteiger partial charge in [-0.1, -0.05) is 30.3 Å². The first kappa shape index (κ1) is 18.6. The second-order valence-electron chi connectivity index (χ2n) is 7.88. The van der Waals surface area contributed by atoms with Crippen LogP contribution in [0, 0.1) is 0 Å². The predicted molar refractivity (Wildman–Crippen MR) is 120 cm³/mol. The molecule has 0 aliphatic carbocycles. The summed E-state index contributed by atoms with van der Waals surface area (Å²) >= 11 is 0. The first-order chi connectivity index (χ1) is 14.7. The van der Waals surface area contributed by atoms with Gasteiger partial charge in [-0.25, -0.2) is 9.97 Å². The highest BCUT2D eigenvalue weighted by Crippen LogP contribution is 2.37. The highest BCUT2D eigenvalue weighted by Gasteiger charge is 2.23. The predicted octanol–water partition coefficient (Wildman–Crippen LogP) is 4.74. The number of para-hydroxylation sites is 1. The number of nitrogens with two attached hydrogens (primary N) is 1. The van der Waals surface area contributed by atoms with E-state index in [-0.39, 0.29) is 0 Å². The fourth-order valence-electron chi connectivity index (χ4n) is 4.21. The summed E-state index contributed by atoms with van der Waals surface area (Å²) in [4.78, 5) is 11.2. The Morgan fingerprint density at radius 1 is 0.933 bits per heavy atom. The summed E-state index contributed by atoms with van der Waals surface area (Å²) in [5, 5.41) is 0.924. The van der Waals surface area contributed by atoms with E-state index >= 15 is 0 Å². The summed E-state index contributed by atoms with van der Waals surface area (Å²) in [6, 6.07) is 18.3. The molecular weight excluding hydrogens is 374 g/mol. The molecule has 3 heterocycles. The van der Waals surface area contributed by atoms with Crippen molar-refractivity contribution in [2.75, 3.05) is 25.9 Å². The van der Waals surface area contributed by atoms with Crippen LogP contribution in [-0.4, -0.2) is 39.6 Å². The van der Waals surface area contributed by atoms with Gasteiger partial charge in [0.15, 0.2) is 0 Å². The summed E-state index contributed by atoms with van der Waals surface area (Å²) < 4.78 is 8.23. The van der Waals surface area contributed by atoms with Crippen molar-refractivity contribution in [3.05, 3.63) is 67.1 Å². The third kappa shape index (κ3) is 3.50. The maximum absolute atomic E-state index is 6.29. The van der Waals surface area contributed by atoms with Crippen LogP contribution in [0.15, 0.2) is 67.1 Å². The number of nitrogens with zero attached hydrogens (tertiary/aromatic N) is 4. The minimum absolute atomic E-state index is 0.424. The van der Waals surface area contributed by atoms with Gasteiger partial charge in [0.25, 0.3) is 0 Å². The van der Waals surface area contributed by atoms with Crippen molar-refractivity contribution in [1.29, 1.82) is 0 Å². The number of anilines is 1. The van der Waals surface area contributed by atoms with Crippen molar-refractivity contribution in [2.24, 2.45) is 0 Å². The van der Waals surface area contributed by atoms with Crippen LogP contribution in [-0.2, 0) is 0 Å². The number of hydrogen-bond acceptors (Lipinski definition) is 5. The maximum atomic E-state index is 6.29. The highest BCUT2D eigenvalue weighted by molar-refractivity contribution is 6.00. The highest BCUT2D eigenvalue weighted by atomic mass is 16.5. The van der Waals surface area contributed by atoms with E-state index in [1.165, 1.54) is 0 Å². The summed E-state index contributed by atoms with van der Waals surface area (Å²) in [7, 11) is 2.18. The van der Waals surface area contributed by atoms with Crippen molar-refractivity contribution < 1.29 is 4.74 Å². The normalized spacial score (nSPS) is 15.5. The van der Waals surface area contributed by atoms with Gasteiger partial charge in [0.05, 0.1) is 5.39 Å². The van der Waals surface area contributed by atoms with Crippen LogP contribution in [0.4, 0.5) is 5.82 Å². The monoisotopic (exact) mass is 399 g/mol. The Balaban J connectivity index is 1.51. The SMILES string of the molecule is CN1CCC(n2cc(-c3ccc(Oc4ccccc4)cc3)c3c(N)ncnc32)CC1. The average molecular weight is 399 g/mol. The largest absolute Gasteiger partial charge is 0.457 e. The molecule has 1 fully saturated rings. The molecule has 0 radical (unpaired) electrons. The van der Waals surface area contributed by atoms with Crippen LogP contribution < -0.4 is 10.5 Å². The minimum atomic E-state index is 0.424. The molecule has 0 bridgehead atoms. The number of piperidine rings is 1. The van der Waals surface area contributed by atoms with Crippen molar-refractivity contribution in [1.82, 2.24) is 19.4 Å². The van der Waals surface area contributed by atoms with Crippen LogP contribution in [0.25, 0.3) is 22.2 Å². The number of hydrogen-bond donors (Lipinski definition) is 1. The van der Waals surface area contributed by atoms with Crippen molar-refractivity contribution >= 4 is 16.9 Å². The fraction of sp³-hybridized carbons (Fsp3) is 0.250. The number of fused-ring (bicyclic) bond motifs is 1. The van der Waals surface area contributed by atoms with Gasteiger partial charge in [-0.15, -0.1) is 0 Å². The molecule has 6 heteroatoms. The Labute approximate surface area is 175 Å². The standard InChI is InChI=1S/C24H25N5O/c1-28-13-11-18(12-14-28)29-15-21(22-23(25)26-16-27-24(22)29)17-7-9-20(10-8-17)30-19-5-3-2-4-6-19/h2-10,15-16,18H,11-14H2,1H3,(H2,25,26,27). The Morgan fingerprint density at radius 2 is 1.63 bits per heavy atom. The van der Waals surface area contributed by atoms with Crippen LogP contribution >= 0.6 is 0 Å². The van der Waals surface area contributed by atoms with E-state index in [0.717, 1.165) is 59.6 Å². The molecule has 0 unspecified atom stereocenters. The van der Waals surface area contributed by atoms with Gasteiger partial charge < -0.3 is 19.9 Å². The smallest absolute Gasteiger partial charge is 0.146 e. The first-order valence-corrected chi connectivity index (χ1v) is 10.3. The second-order valence-corrected chi connectivity index (χ2v) is 7.88. The third-order valence-electron chi connectivity index (χ3n) is 5.86. The zero-order valence-corrected chi connectivity index (χ0v) is 17.0. The molecule has 1 aliphatic rings. The number of benzene rings is 2. The van der Waals surface area contributed by atoms with E-state index in [1.807, 2.05) is 42.5 Å². The Morgan fingerprint density at radius 3 is 2.37 bits per heavy atom. The molecule has 0 atom stereocenters. The number of aromatic nitrogens is 3. The molecule has 0 saturated carbocycles. The van der Waals surface area contributed by atoms with Crippen LogP contribution in [0.1, 0.15) is 18.9 Å². The molecule has 152 valence electrons. The Kier molecular flexibility index (Phi) is 4.85. The van der Waals surface area contributed by atoms with Gasteiger partial charge in [0, 0.05) is 17.8 Å². The zero-order valence-electron chi connectivity index (χ0n) is 17.0. The molecule has 5 rings (SSSR count). The molecule has 0 amide bonds. The first-order valence-electron chi connectivity index (χ1n) is 10.3. The van der Waals surface area contributed by atoms with E-state index < -0.39 is 0 Å². The molecule has 2 N–H and O–H groups in total. The lowest BCUT2D eigenvalue weighted by Crippen LogP contribution is -2.31. The molecule has 2 aromatic heterocycles. The van der Waals surface area contributed by atoms with Crippen LogP contribution in [0.2, 0.25) is 0 Å². The molecule has 4 aromatic rings. The molecule has 2 aromatic carbocycles. The molecule has 30 heavy (non-hydrogen) atoms. The fourth-order valence-corrected chi connectivity index (χ4v) is 4.21. The zero-order chi connectivity index (χ0) is 20.5. The second kappa shape index (κ2) is 7.80. The lowest BCUT2D eigenvalue weighted by molar-refractivity contribution is 0.224. The molecule has 1 saturated heterocycles. The van der Waals surface area contributed by atoms with E-state index in [2.05, 4.69) is 44.8 Å². The number of ether oxygens (including phenoxy) is 1. The number of likely N-dealkylation sites (tertiary alicyclic amines) is 1. The van der Waals surface area contributed by atoms with Gasteiger partial charge in [-0.3, -0.25) is 0 Å². The lowest BCUT2D eigenvalue weighted by Gasteiger charge is -2.30. The molecule has 6 nitrogen and oxygen atoms in total. The third-order valence-corrected chi connectivity index (χ3v) is 5.86. The van der Waals surface area contributed by atoms with E-state index in [9.17, 15) is 0 Å². The topological polar surface area (TPSA) is 69.2 Å². The van der Waals surface area contributed by atoms with Gasteiger partial charge in [-0.2, -0.15) is 0 Å². The molecular formula is C24H25N5O. The minimum Gasteiger partial charge on any atom is -0.457 e. The van der Waals surface area contributed by atoms with Gasteiger partial charge in [0.1, 0.15) is 29.3 Å². The van der Waals surface area contributed by atoms with Crippen LogP contribution in [0.3, 0.4) is 0 Å².